The lowest BCUT2D eigenvalue weighted by Crippen LogP contribution is -2.44. The number of nitrogens with zero attached hydrogens (tertiary/aromatic N) is 2. The van der Waals surface area contributed by atoms with E-state index in [9.17, 15) is 13.5 Å². The molecular weight excluding hydrogens is 228 g/mol. The van der Waals surface area contributed by atoms with Gasteiger partial charge in [-0.15, -0.1) is 0 Å². The summed E-state index contributed by atoms with van der Waals surface area (Å²) >= 11 is 0. The molecule has 2 fully saturated rings. The summed E-state index contributed by atoms with van der Waals surface area (Å²) in [7, 11) is -3.15. The fraction of sp³-hybridized carbons (Fsp3) is 1.00. The minimum absolute atomic E-state index is 0.252. The van der Waals surface area contributed by atoms with Crippen LogP contribution < -0.4 is 0 Å². The molecule has 0 amide bonds. The molecule has 0 saturated carbocycles. The first-order chi connectivity index (χ1) is 7.39. The van der Waals surface area contributed by atoms with Crippen LogP contribution in [0.25, 0.3) is 0 Å². The summed E-state index contributed by atoms with van der Waals surface area (Å²) < 4.78 is 24.1. The Labute approximate surface area is 97.1 Å². The number of β-amino-alcohol motifs (C(OH)–C–C–N with tert-alkyl or cyclic N) is 1. The Morgan fingerprint density at radius 1 is 1.25 bits per heavy atom. The third-order valence-corrected chi connectivity index (χ3v) is 4.73. The highest BCUT2D eigenvalue weighted by atomic mass is 32.2. The zero-order valence-electron chi connectivity index (χ0n) is 9.72. The van der Waals surface area contributed by atoms with E-state index in [1.807, 2.05) is 0 Å². The molecule has 1 atom stereocenters. The van der Waals surface area contributed by atoms with Crippen LogP contribution in [-0.4, -0.2) is 67.3 Å². The number of sulfonamides is 1. The Balaban J connectivity index is 1.94. The fourth-order valence-corrected chi connectivity index (χ4v) is 3.49. The maximum atomic E-state index is 11.4. The van der Waals surface area contributed by atoms with Gasteiger partial charge in [0.1, 0.15) is 0 Å². The van der Waals surface area contributed by atoms with Crippen LogP contribution in [0.1, 0.15) is 19.3 Å². The first-order valence-corrected chi connectivity index (χ1v) is 7.64. The van der Waals surface area contributed by atoms with Gasteiger partial charge in [-0.1, -0.05) is 0 Å². The van der Waals surface area contributed by atoms with E-state index in [4.69, 9.17) is 0 Å². The Morgan fingerprint density at radius 3 is 2.38 bits per heavy atom. The Kier molecular flexibility index (Phi) is 3.27. The van der Waals surface area contributed by atoms with E-state index in [1.54, 1.807) is 0 Å². The van der Waals surface area contributed by atoms with E-state index in [-0.39, 0.29) is 6.54 Å². The Bertz CT molecular complexity index is 351. The van der Waals surface area contributed by atoms with Crippen molar-refractivity contribution in [3.63, 3.8) is 0 Å². The lowest BCUT2D eigenvalue weighted by atomic mass is 10.0. The number of rotatable bonds is 3. The molecule has 2 heterocycles. The second-order valence-electron chi connectivity index (χ2n) is 5.05. The van der Waals surface area contributed by atoms with Gasteiger partial charge in [-0.25, -0.2) is 8.42 Å². The minimum Gasteiger partial charge on any atom is -0.387 e. The number of likely N-dealkylation sites (tertiary alicyclic amines) is 1. The average Bonchev–Trinajstić information content (AvgIpc) is 2.74. The van der Waals surface area contributed by atoms with Crippen molar-refractivity contribution in [1.29, 1.82) is 0 Å². The first kappa shape index (κ1) is 12.3. The molecule has 0 aromatic carbocycles. The molecule has 0 aromatic rings. The molecule has 2 rings (SSSR count). The summed E-state index contributed by atoms with van der Waals surface area (Å²) in [5.74, 6) is 0. The van der Waals surface area contributed by atoms with Crippen LogP contribution in [0.2, 0.25) is 0 Å². The molecule has 0 unspecified atom stereocenters. The number of aliphatic hydroxyl groups is 1. The highest BCUT2D eigenvalue weighted by Gasteiger charge is 2.41. The lowest BCUT2D eigenvalue weighted by molar-refractivity contribution is 0.0233. The molecule has 16 heavy (non-hydrogen) atoms. The summed E-state index contributed by atoms with van der Waals surface area (Å²) in [4.78, 5) is 2.23. The van der Waals surface area contributed by atoms with Crippen molar-refractivity contribution in [3.8, 4) is 0 Å². The summed E-state index contributed by atoms with van der Waals surface area (Å²) in [5, 5.41) is 10.3. The molecule has 2 aliphatic heterocycles. The fourth-order valence-electron chi connectivity index (χ4n) is 2.59. The van der Waals surface area contributed by atoms with Crippen LogP contribution in [0.15, 0.2) is 0 Å². The molecule has 0 spiro atoms. The van der Waals surface area contributed by atoms with Gasteiger partial charge in [-0.3, -0.25) is 0 Å². The molecule has 5 nitrogen and oxygen atoms in total. The normalized spacial score (nSPS) is 33.6. The van der Waals surface area contributed by atoms with E-state index < -0.39 is 15.6 Å². The van der Waals surface area contributed by atoms with Crippen LogP contribution in [0.5, 0.6) is 0 Å². The summed E-state index contributed by atoms with van der Waals surface area (Å²) in [5.41, 5.74) is -0.840. The van der Waals surface area contributed by atoms with Gasteiger partial charge in [0.15, 0.2) is 0 Å². The molecule has 6 heteroatoms. The van der Waals surface area contributed by atoms with Crippen molar-refractivity contribution in [2.24, 2.45) is 0 Å². The van der Waals surface area contributed by atoms with Crippen molar-refractivity contribution in [2.45, 2.75) is 24.9 Å². The molecular formula is C10H20N2O3S. The lowest BCUT2D eigenvalue weighted by Gasteiger charge is -2.28. The van der Waals surface area contributed by atoms with Crippen molar-refractivity contribution in [1.82, 2.24) is 9.21 Å². The monoisotopic (exact) mass is 248 g/mol. The van der Waals surface area contributed by atoms with Crippen molar-refractivity contribution < 1.29 is 13.5 Å². The topological polar surface area (TPSA) is 60.9 Å². The second kappa shape index (κ2) is 4.25. The van der Waals surface area contributed by atoms with Gasteiger partial charge in [-0.05, 0) is 32.4 Å². The quantitative estimate of drug-likeness (QED) is 0.730. The van der Waals surface area contributed by atoms with Gasteiger partial charge in [0.2, 0.25) is 10.0 Å². The molecule has 2 saturated heterocycles. The van der Waals surface area contributed by atoms with E-state index in [0.29, 0.717) is 19.5 Å². The maximum Gasteiger partial charge on any atom is 0.211 e. The first-order valence-electron chi connectivity index (χ1n) is 5.79. The molecule has 94 valence electrons. The highest BCUT2D eigenvalue weighted by molar-refractivity contribution is 7.88. The van der Waals surface area contributed by atoms with Crippen molar-refractivity contribution >= 4 is 10.0 Å². The third-order valence-electron chi connectivity index (χ3n) is 3.48. The average molecular weight is 248 g/mol. The van der Waals surface area contributed by atoms with Crippen LogP contribution in [0.4, 0.5) is 0 Å². The van der Waals surface area contributed by atoms with Gasteiger partial charge in [0, 0.05) is 19.6 Å². The van der Waals surface area contributed by atoms with Crippen molar-refractivity contribution in [3.05, 3.63) is 0 Å². The van der Waals surface area contributed by atoms with Crippen LogP contribution >= 0.6 is 0 Å². The summed E-state index contributed by atoms with van der Waals surface area (Å²) in [6.45, 7) is 3.37. The second-order valence-corrected chi connectivity index (χ2v) is 7.04. The van der Waals surface area contributed by atoms with Crippen molar-refractivity contribution in [2.75, 3.05) is 39.0 Å². The third kappa shape index (κ3) is 2.74. The Morgan fingerprint density at radius 2 is 1.88 bits per heavy atom. The van der Waals surface area contributed by atoms with Gasteiger partial charge < -0.3 is 10.0 Å². The standard InChI is InChI=1S/C10H20N2O3S/c1-16(14,15)12-7-4-10(13,9-12)8-11-5-2-3-6-11/h13H,2-9H2,1H3/t10-/m1/s1. The number of hydrogen-bond donors (Lipinski definition) is 1. The van der Waals surface area contributed by atoms with Gasteiger partial charge in [-0.2, -0.15) is 4.31 Å². The van der Waals surface area contributed by atoms with E-state index in [0.717, 1.165) is 13.1 Å². The van der Waals surface area contributed by atoms with Crippen LogP contribution in [0, 0.1) is 0 Å². The predicted molar refractivity (Wildman–Crippen MR) is 61.7 cm³/mol. The molecule has 0 bridgehead atoms. The zero-order valence-corrected chi connectivity index (χ0v) is 10.5. The van der Waals surface area contributed by atoms with Crippen LogP contribution in [0.3, 0.4) is 0 Å². The largest absolute Gasteiger partial charge is 0.387 e. The molecule has 0 aliphatic carbocycles. The minimum atomic E-state index is -3.15. The maximum absolute atomic E-state index is 11.4. The summed E-state index contributed by atoms with van der Waals surface area (Å²) in [6.07, 6.45) is 4.13. The predicted octanol–water partition coefficient (Wildman–Crippen LogP) is -0.521. The molecule has 0 radical (unpaired) electrons. The summed E-state index contributed by atoms with van der Waals surface area (Å²) in [6, 6.07) is 0. The molecule has 1 N–H and O–H groups in total. The Hall–Kier alpha value is -0.170. The van der Waals surface area contributed by atoms with Gasteiger partial charge in [0.05, 0.1) is 11.9 Å². The molecule has 2 aliphatic rings. The number of hydrogen-bond acceptors (Lipinski definition) is 4. The SMILES string of the molecule is CS(=O)(=O)N1CC[C@@](O)(CN2CCCC2)C1. The zero-order chi connectivity index (χ0) is 11.8. The highest BCUT2D eigenvalue weighted by Crippen LogP contribution is 2.25. The van der Waals surface area contributed by atoms with Crippen LogP contribution in [-0.2, 0) is 10.0 Å². The molecule has 0 aromatic heterocycles. The van der Waals surface area contributed by atoms with E-state index in [1.165, 1.54) is 23.4 Å². The van der Waals surface area contributed by atoms with Gasteiger partial charge in [0.25, 0.3) is 0 Å². The van der Waals surface area contributed by atoms with E-state index >= 15 is 0 Å². The smallest absolute Gasteiger partial charge is 0.211 e. The van der Waals surface area contributed by atoms with Gasteiger partial charge >= 0.3 is 0 Å². The van der Waals surface area contributed by atoms with E-state index in [2.05, 4.69) is 4.90 Å².